The number of alkyl halides is 2. The van der Waals surface area contributed by atoms with Gasteiger partial charge in [0.05, 0.1) is 10.6 Å². The second-order valence-electron chi connectivity index (χ2n) is 3.58. The van der Waals surface area contributed by atoms with Gasteiger partial charge < -0.3 is 5.21 Å². The molecular weight excluding hydrogens is 267 g/mol. The molecule has 0 aliphatic heterocycles. The van der Waals surface area contributed by atoms with Gasteiger partial charge in [-0.25, -0.2) is 13.2 Å². The third-order valence-corrected chi connectivity index (χ3v) is 2.72. The minimum absolute atomic E-state index is 0.0581. The largest absolute Gasteiger partial charge is 0.619 e. The molecule has 1 heterocycles. The highest BCUT2D eigenvalue weighted by Crippen LogP contribution is 2.35. The van der Waals surface area contributed by atoms with E-state index in [1.807, 2.05) is 0 Å². The van der Waals surface area contributed by atoms with Gasteiger partial charge in [-0.05, 0) is 12.1 Å². The Hall–Kier alpha value is -1.75. The van der Waals surface area contributed by atoms with Crippen LogP contribution in [-0.2, 0) is 0 Å². The van der Waals surface area contributed by atoms with Crippen LogP contribution in [0.25, 0.3) is 11.1 Å². The molecule has 0 aliphatic carbocycles. The van der Waals surface area contributed by atoms with Crippen molar-refractivity contribution >= 4 is 11.6 Å². The minimum atomic E-state index is -2.85. The Morgan fingerprint density at radius 3 is 2.56 bits per heavy atom. The lowest BCUT2D eigenvalue weighted by molar-refractivity contribution is -0.604. The highest BCUT2D eigenvalue weighted by molar-refractivity contribution is 6.31. The standard InChI is InChI=1S/C12H7ClF3NO/c13-9-4-3-8(12(15)16)10(11(9)14)7-2-1-5-17(18)6-7/h1-6,12H. The molecule has 0 atom stereocenters. The van der Waals surface area contributed by atoms with Crippen LogP contribution in [0.1, 0.15) is 12.0 Å². The molecule has 0 radical (unpaired) electrons. The summed E-state index contributed by atoms with van der Waals surface area (Å²) in [5.41, 5.74) is -0.784. The Balaban J connectivity index is 2.72. The van der Waals surface area contributed by atoms with Crippen molar-refractivity contribution in [1.29, 1.82) is 0 Å². The van der Waals surface area contributed by atoms with Gasteiger partial charge in [0.2, 0.25) is 0 Å². The van der Waals surface area contributed by atoms with Crippen molar-refractivity contribution in [1.82, 2.24) is 0 Å². The van der Waals surface area contributed by atoms with Gasteiger partial charge in [0.1, 0.15) is 5.82 Å². The number of pyridine rings is 1. The second-order valence-corrected chi connectivity index (χ2v) is 3.99. The van der Waals surface area contributed by atoms with Crippen molar-refractivity contribution in [3.63, 3.8) is 0 Å². The molecule has 0 saturated carbocycles. The van der Waals surface area contributed by atoms with Crippen LogP contribution in [0.4, 0.5) is 13.2 Å². The van der Waals surface area contributed by atoms with Crippen LogP contribution in [0.15, 0.2) is 36.7 Å². The first-order valence-corrected chi connectivity index (χ1v) is 5.33. The molecule has 1 aromatic heterocycles. The van der Waals surface area contributed by atoms with E-state index in [0.717, 1.165) is 18.3 Å². The van der Waals surface area contributed by atoms with E-state index in [-0.39, 0.29) is 16.1 Å². The SMILES string of the molecule is [O-][n+]1cccc(-c2c(C(F)F)ccc(Cl)c2F)c1. The summed E-state index contributed by atoms with van der Waals surface area (Å²) in [5.74, 6) is -0.958. The maximum absolute atomic E-state index is 13.9. The van der Waals surface area contributed by atoms with Crippen LogP contribution >= 0.6 is 11.6 Å². The molecule has 0 amide bonds. The molecular formula is C12H7ClF3NO. The highest BCUT2D eigenvalue weighted by atomic mass is 35.5. The molecule has 2 rings (SSSR count). The molecule has 0 aliphatic rings. The number of rotatable bonds is 2. The number of hydrogen-bond donors (Lipinski definition) is 0. The van der Waals surface area contributed by atoms with E-state index in [1.165, 1.54) is 18.3 Å². The molecule has 6 heteroatoms. The lowest BCUT2D eigenvalue weighted by Crippen LogP contribution is -2.24. The number of benzene rings is 1. The fourth-order valence-electron chi connectivity index (χ4n) is 1.64. The molecule has 0 N–H and O–H groups in total. The first-order chi connectivity index (χ1) is 8.50. The summed E-state index contributed by atoms with van der Waals surface area (Å²) in [5, 5.41) is 10.8. The van der Waals surface area contributed by atoms with E-state index in [2.05, 4.69) is 0 Å². The second kappa shape index (κ2) is 4.86. The summed E-state index contributed by atoms with van der Waals surface area (Å²) in [4.78, 5) is 0. The quantitative estimate of drug-likeness (QED) is 0.605. The zero-order valence-electron chi connectivity index (χ0n) is 8.91. The molecule has 1 aromatic carbocycles. The van der Waals surface area contributed by atoms with Crippen molar-refractivity contribution < 1.29 is 17.9 Å². The Bertz CT molecular complexity index is 590. The van der Waals surface area contributed by atoms with Crippen molar-refractivity contribution in [3.05, 3.63) is 58.3 Å². The molecule has 0 fully saturated rings. The molecule has 18 heavy (non-hydrogen) atoms. The van der Waals surface area contributed by atoms with E-state index in [4.69, 9.17) is 11.6 Å². The van der Waals surface area contributed by atoms with Crippen molar-refractivity contribution in [3.8, 4) is 11.1 Å². The first kappa shape index (κ1) is 12.7. The molecule has 2 nitrogen and oxygen atoms in total. The molecule has 2 aromatic rings. The van der Waals surface area contributed by atoms with Crippen LogP contribution in [0.2, 0.25) is 5.02 Å². The van der Waals surface area contributed by atoms with E-state index >= 15 is 0 Å². The van der Waals surface area contributed by atoms with Gasteiger partial charge in [0.25, 0.3) is 6.43 Å². The predicted octanol–water partition coefficient (Wildman–Crippen LogP) is 3.72. The molecule has 94 valence electrons. The van der Waals surface area contributed by atoms with Crippen LogP contribution < -0.4 is 4.73 Å². The topological polar surface area (TPSA) is 26.9 Å². The summed E-state index contributed by atoms with van der Waals surface area (Å²) in [6, 6.07) is 4.83. The Kier molecular flexibility index (Phi) is 3.43. The molecule has 0 bridgehead atoms. The molecule has 0 saturated heterocycles. The maximum atomic E-state index is 13.9. The van der Waals surface area contributed by atoms with Crippen LogP contribution in [-0.4, -0.2) is 0 Å². The van der Waals surface area contributed by atoms with Gasteiger partial charge in [-0.3, -0.25) is 0 Å². The summed E-state index contributed by atoms with van der Waals surface area (Å²) >= 11 is 5.58. The van der Waals surface area contributed by atoms with Gasteiger partial charge in [0.15, 0.2) is 12.4 Å². The van der Waals surface area contributed by atoms with E-state index in [9.17, 15) is 18.4 Å². The third-order valence-electron chi connectivity index (χ3n) is 2.43. The fourth-order valence-corrected chi connectivity index (χ4v) is 1.80. The van der Waals surface area contributed by atoms with Gasteiger partial charge >= 0.3 is 0 Å². The average molecular weight is 274 g/mol. The number of hydrogen-bond acceptors (Lipinski definition) is 1. The number of halogens is 4. The van der Waals surface area contributed by atoms with Gasteiger partial charge in [-0.2, -0.15) is 4.73 Å². The van der Waals surface area contributed by atoms with Crippen LogP contribution in [0.5, 0.6) is 0 Å². The predicted molar refractivity (Wildman–Crippen MR) is 60.8 cm³/mol. The monoisotopic (exact) mass is 273 g/mol. The van der Waals surface area contributed by atoms with Gasteiger partial charge in [-0.15, -0.1) is 0 Å². The van der Waals surface area contributed by atoms with E-state index in [1.54, 1.807) is 0 Å². The summed E-state index contributed by atoms with van der Waals surface area (Å²) in [7, 11) is 0. The Labute approximate surface area is 106 Å². The maximum Gasteiger partial charge on any atom is 0.264 e. The molecule has 0 spiro atoms. The van der Waals surface area contributed by atoms with Crippen molar-refractivity contribution in [2.45, 2.75) is 6.43 Å². The first-order valence-electron chi connectivity index (χ1n) is 4.96. The third kappa shape index (κ3) is 2.26. The van der Waals surface area contributed by atoms with Gasteiger partial charge in [-0.1, -0.05) is 17.7 Å². The summed E-state index contributed by atoms with van der Waals surface area (Å²) in [6.07, 6.45) is -0.665. The Morgan fingerprint density at radius 2 is 1.94 bits per heavy atom. The normalized spacial score (nSPS) is 10.9. The fraction of sp³-hybridized carbons (Fsp3) is 0.0833. The number of aromatic nitrogens is 1. The smallest absolute Gasteiger partial charge is 0.264 e. The zero-order chi connectivity index (χ0) is 13.3. The van der Waals surface area contributed by atoms with Crippen LogP contribution in [0, 0.1) is 11.0 Å². The minimum Gasteiger partial charge on any atom is -0.619 e. The summed E-state index contributed by atoms with van der Waals surface area (Å²) in [6.45, 7) is 0. The molecule has 0 unspecified atom stereocenters. The average Bonchev–Trinajstić information content (AvgIpc) is 2.32. The highest BCUT2D eigenvalue weighted by Gasteiger charge is 2.21. The van der Waals surface area contributed by atoms with Gasteiger partial charge in [0, 0.05) is 17.2 Å². The zero-order valence-corrected chi connectivity index (χ0v) is 9.66. The Morgan fingerprint density at radius 1 is 1.22 bits per heavy atom. The summed E-state index contributed by atoms with van der Waals surface area (Å²) < 4.78 is 39.9. The van der Waals surface area contributed by atoms with Crippen molar-refractivity contribution in [2.75, 3.05) is 0 Å². The lowest BCUT2D eigenvalue weighted by atomic mass is 10.0. The van der Waals surface area contributed by atoms with E-state index < -0.39 is 17.8 Å². The van der Waals surface area contributed by atoms with Crippen LogP contribution in [0.3, 0.4) is 0 Å². The number of nitrogens with zero attached hydrogens (tertiary/aromatic N) is 1. The van der Waals surface area contributed by atoms with E-state index in [0.29, 0.717) is 4.73 Å². The van der Waals surface area contributed by atoms with Crippen molar-refractivity contribution in [2.24, 2.45) is 0 Å². The lowest BCUT2D eigenvalue weighted by Gasteiger charge is -2.10.